The van der Waals surface area contributed by atoms with Crippen molar-refractivity contribution in [1.82, 2.24) is 20.3 Å². The Morgan fingerprint density at radius 3 is 3.00 bits per heavy atom. The average Bonchev–Trinajstić information content (AvgIpc) is 2.79. The Hall–Kier alpha value is -0.900. The Labute approximate surface area is 84.7 Å². The Bertz CT molecular complexity index is 299. The minimum Gasteiger partial charge on any atom is -0.314 e. The number of hydrogen-bond donors (Lipinski definition) is 1. The van der Waals surface area contributed by atoms with Gasteiger partial charge in [-0.05, 0) is 33.2 Å². The summed E-state index contributed by atoms with van der Waals surface area (Å²) < 4.78 is 1.96. The van der Waals surface area contributed by atoms with E-state index in [2.05, 4.69) is 29.5 Å². The summed E-state index contributed by atoms with van der Waals surface area (Å²) in [6.07, 6.45) is 3.61. The van der Waals surface area contributed by atoms with E-state index in [0.29, 0.717) is 6.04 Å². The zero-order chi connectivity index (χ0) is 9.97. The minimum atomic E-state index is 0.621. The van der Waals surface area contributed by atoms with Crippen molar-refractivity contribution in [3.8, 4) is 0 Å². The highest BCUT2D eigenvalue weighted by molar-refractivity contribution is 5.09. The molecule has 4 nitrogen and oxygen atoms in total. The molecule has 0 aromatic carbocycles. The average molecular weight is 194 g/mol. The summed E-state index contributed by atoms with van der Waals surface area (Å²) in [7, 11) is 0. The van der Waals surface area contributed by atoms with E-state index in [1.807, 2.05) is 4.68 Å². The lowest BCUT2D eigenvalue weighted by molar-refractivity contribution is 0.593. The van der Waals surface area contributed by atoms with Crippen LogP contribution in [0.2, 0.25) is 0 Å². The molecule has 0 bridgehead atoms. The summed E-state index contributed by atoms with van der Waals surface area (Å²) in [4.78, 5) is 0. The fourth-order valence-electron chi connectivity index (χ4n) is 2.05. The van der Waals surface area contributed by atoms with Crippen LogP contribution >= 0.6 is 0 Å². The third-order valence-corrected chi connectivity index (χ3v) is 2.98. The predicted molar refractivity (Wildman–Crippen MR) is 55.2 cm³/mol. The number of nitrogens with one attached hydrogen (secondary N) is 1. The molecule has 4 heteroatoms. The molecule has 1 saturated heterocycles. The van der Waals surface area contributed by atoms with Gasteiger partial charge in [0.25, 0.3) is 0 Å². The van der Waals surface area contributed by atoms with E-state index >= 15 is 0 Å². The van der Waals surface area contributed by atoms with Crippen molar-refractivity contribution in [3.05, 3.63) is 11.4 Å². The van der Waals surface area contributed by atoms with Gasteiger partial charge < -0.3 is 5.32 Å². The molecule has 1 fully saturated rings. The molecule has 0 spiro atoms. The predicted octanol–water partition coefficient (Wildman–Crippen LogP) is 0.901. The zero-order valence-electron chi connectivity index (χ0n) is 8.95. The van der Waals surface area contributed by atoms with E-state index in [1.165, 1.54) is 18.5 Å². The molecule has 1 atom stereocenters. The standard InChI is InChI=1S/C10H18N4/c1-3-14-8(2)10(12-13-14)7-9-5-4-6-11-9/h9,11H,3-7H2,1-2H3. The van der Waals surface area contributed by atoms with E-state index in [4.69, 9.17) is 0 Å². The highest BCUT2D eigenvalue weighted by Crippen LogP contribution is 2.12. The molecule has 2 heterocycles. The molecule has 2 rings (SSSR count). The fraction of sp³-hybridized carbons (Fsp3) is 0.800. The molecule has 0 radical (unpaired) electrons. The van der Waals surface area contributed by atoms with Gasteiger partial charge in [-0.3, -0.25) is 0 Å². The highest BCUT2D eigenvalue weighted by Gasteiger charge is 2.17. The SMILES string of the molecule is CCn1nnc(CC2CCCN2)c1C. The Balaban J connectivity index is 2.04. The van der Waals surface area contributed by atoms with Gasteiger partial charge in [0.15, 0.2) is 0 Å². The summed E-state index contributed by atoms with van der Waals surface area (Å²) in [6, 6.07) is 0.621. The van der Waals surface area contributed by atoms with Gasteiger partial charge in [0, 0.05) is 19.0 Å². The van der Waals surface area contributed by atoms with Crippen molar-refractivity contribution >= 4 is 0 Å². The number of hydrogen-bond acceptors (Lipinski definition) is 3. The minimum absolute atomic E-state index is 0.621. The summed E-state index contributed by atoms with van der Waals surface area (Å²) in [6.45, 7) is 6.27. The smallest absolute Gasteiger partial charge is 0.0871 e. The van der Waals surface area contributed by atoms with E-state index in [9.17, 15) is 0 Å². The van der Waals surface area contributed by atoms with E-state index in [0.717, 1.165) is 25.2 Å². The van der Waals surface area contributed by atoms with Crippen molar-refractivity contribution in [2.75, 3.05) is 6.54 Å². The third kappa shape index (κ3) is 1.80. The molecule has 1 aromatic rings. The molecule has 1 aliphatic heterocycles. The first-order valence-electron chi connectivity index (χ1n) is 5.43. The second kappa shape index (κ2) is 4.09. The lowest BCUT2D eigenvalue weighted by Crippen LogP contribution is -2.24. The maximum absolute atomic E-state index is 4.22. The van der Waals surface area contributed by atoms with E-state index in [1.54, 1.807) is 0 Å². The molecular weight excluding hydrogens is 176 g/mol. The van der Waals surface area contributed by atoms with Gasteiger partial charge in [-0.15, -0.1) is 5.10 Å². The van der Waals surface area contributed by atoms with Crippen LogP contribution in [0.3, 0.4) is 0 Å². The van der Waals surface area contributed by atoms with Crippen molar-refractivity contribution in [2.24, 2.45) is 0 Å². The Morgan fingerprint density at radius 1 is 1.57 bits per heavy atom. The van der Waals surface area contributed by atoms with Gasteiger partial charge in [0.1, 0.15) is 0 Å². The van der Waals surface area contributed by atoms with Crippen molar-refractivity contribution < 1.29 is 0 Å². The quantitative estimate of drug-likeness (QED) is 0.777. The lowest BCUT2D eigenvalue weighted by Gasteiger charge is -2.07. The second-order valence-electron chi connectivity index (χ2n) is 3.93. The molecule has 1 N–H and O–H groups in total. The maximum atomic E-state index is 4.22. The van der Waals surface area contributed by atoms with Crippen molar-refractivity contribution in [3.63, 3.8) is 0 Å². The fourth-order valence-corrected chi connectivity index (χ4v) is 2.05. The number of rotatable bonds is 3. The van der Waals surface area contributed by atoms with E-state index < -0.39 is 0 Å². The third-order valence-electron chi connectivity index (χ3n) is 2.98. The van der Waals surface area contributed by atoms with Gasteiger partial charge in [-0.1, -0.05) is 5.21 Å². The molecule has 14 heavy (non-hydrogen) atoms. The first-order valence-corrected chi connectivity index (χ1v) is 5.43. The van der Waals surface area contributed by atoms with Crippen LogP contribution in [0.15, 0.2) is 0 Å². The van der Waals surface area contributed by atoms with Crippen LogP contribution < -0.4 is 5.32 Å². The zero-order valence-corrected chi connectivity index (χ0v) is 8.95. The lowest BCUT2D eigenvalue weighted by atomic mass is 10.1. The number of aromatic nitrogens is 3. The van der Waals surface area contributed by atoms with Crippen molar-refractivity contribution in [2.45, 2.75) is 45.7 Å². The van der Waals surface area contributed by atoms with Gasteiger partial charge in [-0.2, -0.15) is 0 Å². The maximum Gasteiger partial charge on any atom is 0.0871 e. The topological polar surface area (TPSA) is 42.7 Å². The first-order chi connectivity index (χ1) is 6.81. The number of aryl methyl sites for hydroxylation is 1. The highest BCUT2D eigenvalue weighted by atomic mass is 15.4. The van der Waals surface area contributed by atoms with Crippen LogP contribution in [0, 0.1) is 6.92 Å². The van der Waals surface area contributed by atoms with Crippen LogP contribution in [0.4, 0.5) is 0 Å². The van der Waals surface area contributed by atoms with E-state index in [-0.39, 0.29) is 0 Å². The molecule has 0 saturated carbocycles. The van der Waals surface area contributed by atoms with Gasteiger partial charge >= 0.3 is 0 Å². The van der Waals surface area contributed by atoms with Gasteiger partial charge in [0.05, 0.1) is 11.4 Å². The van der Waals surface area contributed by atoms with Crippen molar-refractivity contribution in [1.29, 1.82) is 0 Å². The molecule has 1 aromatic heterocycles. The molecule has 78 valence electrons. The number of nitrogens with zero attached hydrogens (tertiary/aromatic N) is 3. The second-order valence-corrected chi connectivity index (χ2v) is 3.93. The van der Waals surface area contributed by atoms with Gasteiger partial charge in [-0.25, -0.2) is 4.68 Å². The van der Waals surface area contributed by atoms with Crippen LogP contribution in [0.25, 0.3) is 0 Å². The molecule has 0 amide bonds. The molecule has 0 aliphatic carbocycles. The summed E-state index contributed by atoms with van der Waals surface area (Å²) in [5.41, 5.74) is 2.38. The van der Waals surface area contributed by atoms with Gasteiger partial charge in [0.2, 0.25) is 0 Å². The molecule has 1 unspecified atom stereocenters. The summed E-state index contributed by atoms with van der Waals surface area (Å²) >= 11 is 0. The Morgan fingerprint density at radius 2 is 2.43 bits per heavy atom. The molecule has 1 aliphatic rings. The first kappa shape index (κ1) is 9.65. The summed E-state index contributed by atoms with van der Waals surface area (Å²) in [5, 5.41) is 11.8. The van der Waals surface area contributed by atoms with Crippen LogP contribution in [-0.4, -0.2) is 27.6 Å². The largest absolute Gasteiger partial charge is 0.314 e. The monoisotopic (exact) mass is 194 g/mol. The van der Waals surface area contributed by atoms with Crippen LogP contribution in [0.5, 0.6) is 0 Å². The molecular formula is C10H18N4. The normalized spacial score (nSPS) is 21.7. The summed E-state index contributed by atoms with van der Waals surface area (Å²) in [5.74, 6) is 0. The Kier molecular flexibility index (Phi) is 2.82. The van der Waals surface area contributed by atoms with Crippen LogP contribution in [0.1, 0.15) is 31.2 Å². The van der Waals surface area contributed by atoms with Crippen LogP contribution in [-0.2, 0) is 13.0 Å².